The van der Waals surface area contributed by atoms with Crippen molar-refractivity contribution in [3.63, 3.8) is 0 Å². The Bertz CT molecular complexity index is 536. The number of amides is 1. The van der Waals surface area contributed by atoms with Gasteiger partial charge in [0.15, 0.2) is 0 Å². The Balaban J connectivity index is 1.99. The van der Waals surface area contributed by atoms with Gasteiger partial charge in [0.2, 0.25) is 0 Å². The summed E-state index contributed by atoms with van der Waals surface area (Å²) >= 11 is 0. The van der Waals surface area contributed by atoms with E-state index in [-0.39, 0.29) is 18.4 Å². The second kappa shape index (κ2) is 5.64. The predicted molar refractivity (Wildman–Crippen MR) is 69.3 cm³/mol. The average molecular weight is 247 g/mol. The van der Waals surface area contributed by atoms with Crippen molar-refractivity contribution in [3.05, 3.63) is 30.0 Å². The highest BCUT2D eigenvalue weighted by Gasteiger charge is 2.08. The van der Waals surface area contributed by atoms with Gasteiger partial charge in [0, 0.05) is 24.1 Å². The first-order valence-corrected chi connectivity index (χ1v) is 6.03. The van der Waals surface area contributed by atoms with Crippen LogP contribution in [0.5, 0.6) is 0 Å². The fourth-order valence-electron chi connectivity index (χ4n) is 1.77. The standard InChI is InChI=1S/C13H17N3O2/c1-9(4-5-17)7-14-13(18)10-2-3-11-8-15-16-12(11)6-10/h2-3,6,8-9,17H,4-5,7H2,1H3,(H,14,18)(H,15,16). The number of H-pyrrole nitrogens is 1. The molecule has 18 heavy (non-hydrogen) atoms. The van der Waals surface area contributed by atoms with E-state index in [2.05, 4.69) is 15.5 Å². The number of fused-ring (bicyclic) bond motifs is 1. The van der Waals surface area contributed by atoms with Gasteiger partial charge in [-0.15, -0.1) is 0 Å². The summed E-state index contributed by atoms with van der Waals surface area (Å²) < 4.78 is 0. The smallest absolute Gasteiger partial charge is 0.251 e. The maximum absolute atomic E-state index is 11.9. The maximum Gasteiger partial charge on any atom is 0.251 e. The quantitative estimate of drug-likeness (QED) is 0.745. The first-order chi connectivity index (χ1) is 8.70. The van der Waals surface area contributed by atoms with Gasteiger partial charge in [-0.2, -0.15) is 5.10 Å². The van der Waals surface area contributed by atoms with Crippen molar-refractivity contribution in [2.75, 3.05) is 13.2 Å². The second-order valence-corrected chi connectivity index (χ2v) is 4.50. The molecule has 2 rings (SSSR count). The molecule has 0 bridgehead atoms. The Labute approximate surface area is 105 Å². The minimum absolute atomic E-state index is 0.101. The van der Waals surface area contributed by atoms with Gasteiger partial charge in [0.05, 0.1) is 11.7 Å². The van der Waals surface area contributed by atoms with Crippen molar-refractivity contribution in [1.29, 1.82) is 0 Å². The molecule has 0 aliphatic heterocycles. The number of aromatic nitrogens is 2. The van der Waals surface area contributed by atoms with Crippen molar-refractivity contribution in [2.45, 2.75) is 13.3 Å². The summed E-state index contributed by atoms with van der Waals surface area (Å²) in [6.07, 6.45) is 2.42. The van der Waals surface area contributed by atoms with Crippen molar-refractivity contribution >= 4 is 16.8 Å². The summed E-state index contributed by atoms with van der Waals surface area (Å²) in [5.41, 5.74) is 1.47. The van der Waals surface area contributed by atoms with Crippen LogP contribution >= 0.6 is 0 Å². The normalized spacial score (nSPS) is 12.6. The lowest BCUT2D eigenvalue weighted by atomic mass is 10.1. The van der Waals surface area contributed by atoms with Gasteiger partial charge in [-0.1, -0.05) is 13.0 Å². The third-order valence-electron chi connectivity index (χ3n) is 2.94. The van der Waals surface area contributed by atoms with E-state index in [9.17, 15) is 4.79 Å². The lowest BCUT2D eigenvalue weighted by molar-refractivity contribution is 0.0945. The SMILES string of the molecule is CC(CCO)CNC(=O)c1ccc2cn[nH]c2c1. The van der Waals surface area contributed by atoms with Crippen LogP contribution in [0.2, 0.25) is 0 Å². The molecule has 0 aliphatic carbocycles. The van der Waals surface area contributed by atoms with E-state index in [1.807, 2.05) is 13.0 Å². The number of rotatable bonds is 5. The van der Waals surface area contributed by atoms with Crippen LogP contribution in [0, 0.1) is 5.92 Å². The number of nitrogens with zero attached hydrogens (tertiary/aromatic N) is 1. The van der Waals surface area contributed by atoms with Crippen LogP contribution in [0.3, 0.4) is 0 Å². The van der Waals surface area contributed by atoms with Crippen molar-refractivity contribution < 1.29 is 9.90 Å². The number of carbonyl (C=O) groups excluding carboxylic acids is 1. The van der Waals surface area contributed by atoms with E-state index in [1.165, 1.54) is 0 Å². The number of aliphatic hydroxyl groups is 1. The number of carbonyl (C=O) groups is 1. The molecule has 1 heterocycles. The minimum atomic E-state index is -0.101. The molecule has 0 saturated carbocycles. The van der Waals surface area contributed by atoms with Crippen LogP contribution in [-0.4, -0.2) is 34.4 Å². The molecule has 1 atom stereocenters. The first-order valence-electron chi connectivity index (χ1n) is 6.03. The maximum atomic E-state index is 11.9. The van der Waals surface area contributed by atoms with Gasteiger partial charge < -0.3 is 10.4 Å². The Morgan fingerprint density at radius 3 is 3.17 bits per heavy atom. The molecule has 5 nitrogen and oxygen atoms in total. The van der Waals surface area contributed by atoms with E-state index in [0.29, 0.717) is 18.5 Å². The Morgan fingerprint density at radius 1 is 1.56 bits per heavy atom. The van der Waals surface area contributed by atoms with Crippen molar-refractivity contribution in [3.8, 4) is 0 Å². The van der Waals surface area contributed by atoms with Crippen LogP contribution in [0.15, 0.2) is 24.4 Å². The molecule has 1 aromatic carbocycles. The second-order valence-electron chi connectivity index (χ2n) is 4.50. The van der Waals surface area contributed by atoms with Crippen LogP contribution in [-0.2, 0) is 0 Å². The molecule has 0 aliphatic rings. The van der Waals surface area contributed by atoms with Crippen LogP contribution < -0.4 is 5.32 Å². The first kappa shape index (κ1) is 12.6. The third kappa shape index (κ3) is 2.87. The highest BCUT2D eigenvalue weighted by molar-refractivity contribution is 5.97. The van der Waals surface area contributed by atoms with Crippen LogP contribution in [0.1, 0.15) is 23.7 Å². The van der Waals surface area contributed by atoms with E-state index in [0.717, 1.165) is 10.9 Å². The number of nitrogens with one attached hydrogen (secondary N) is 2. The predicted octanol–water partition coefficient (Wildman–Crippen LogP) is 1.31. The molecule has 1 unspecified atom stereocenters. The zero-order valence-electron chi connectivity index (χ0n) is 10.3. The summed E-state index contributed by atoms with van der Waals surface area (Å²) in [6, 6.07) is 5.43. The van der Waals surface area contributed by atoms with E-state index >= 15 is 0 Å². The topological polar surface area (TPSA) is 78.0 Å². The van der Waals surface area contributed by atoms with Gasteiger partial charge >= 0.3 is 0 Å². The fourth-order valence-corrected chi connectivity index (χ4v) is 1.77. The molecular formula is C13H17N3O2. The van der Waals surface area contributed by atoms with E-state index < -0.39 is 0 Å². The van der Waals surface area contributed by atoms with Gasteiger partial charge in [0.25, 0.3) is 5.91 Å². The fraction of sp³-hybridized carbons (Fsp3) is 0.385. The van der Waals surface area contributed by atoms with Gasteiger partial charge in [0.1, 0.15) is 0 Å². The summed E-state index contributed by atoms with van der Waals surface area (Å²) in [5, 5.41) is 19.4. The van der Waals surface area contributed by atoms with E-state index in [4.69, 9.17) is 5.11 Å². The zero-order valence-corrected chi connectivity index (χ0v) is 10.3. The molecule has 96 valence electrons. The highest BCUT2D eigenvalue weighted by Crippen LogP contribution is 2.12. The molecular weight excluding hydrogens is 230 g/mol. The number of hydrogen-bond acceptors (Lipinski definition) is 3. The Kier molecular flexibility index (Phi) is 3.94. The Hall–Kier alpha value is -1.88. The minimum Gasteiger partial charge on any atom is -0.396 e. The number of hydrogen-bond donors (Lipinski definition) is 3. The van der Waals surface area contributed by atoms with E-state index in [1.54, 1.807) is 18.3 Å². The molecule has 0 spiro atoms. The molecule has 2 aromatic rings. The Morgan fingerprint density at radius 2 is 2.39 bits per heavy atom. The lowest BCUT2D eigenvalue weighted by Crippen LogP contribution is -2.28. The molecule has 1 aromatic heterocycles. The number of aromatic amines is 1. The third-order valence-corrected chi connectivity index (χ3v) is 2.94. The number of benzene rings is 1. The van der Waals surface area contributed by atoms with Crippen LogP contribution in [0.4, 0.5) is 0 Å². The molecule has 3 N–H and O–H groups in total. The van der Waals surface area contributed by atoms with Crippen molar-refractivity contribution in [1.82, 2.24) is 15.5 Å². The summed E-state index contributed by atoms with van der Waals surface area (Å²) in [4.78, 5) is 11.9. The monoisotopic (exact) mass is 247 g/mol. The zero-order chi connectivity index (χ0) is 13.0. The summed E-state index contributed by atoms with van der Waals surface area (Å²) in [5.74, 6) is 0.172. The van der Waals surface area contributed by atoms with Gasteiger partial charge in [-0.3, -0.25) is 9.89 Å². The van der Waals surface area contributed by atoms with Gasteiger partial charge in [-0.05, 0) is 24.5 Å². The molecule has 0 saturated heterocycles. The largest absolute Gasteiger partial charge is 0.396 e. The van der Waals surface area contributed by atoms with Crippen LogP contribution in [0.25, 0.3) is 10.9 Å². The molecule has 0 radical (unpaired) electrons. The lowest BCUT2D eigenvalue weighted by Gasteiger charge is -2.11. The molecule has 1 amide bonds. The highest BCUT2D eigenvalue weighted by atomic mass is 16.3. The number of aliphatic hydroxyl groups excluding tert-OH is 1. The molecule has 5 heteroatoms. The van der Waals surface area contributed by atoms with Crippen molar-refractivity contribution in [2.24, 2.45) is 5.92 Å². The summed E-state index contributed by atoms with van der Waals surface area (Å²) in [7, 11) is 0. The molecule has 0 fully saturated rings. The average Bonchev–Trinajstić information content (AvgIpc) is 2.83. The van der Waals surface area contributed by atoms with Gasteiger partial charge in [-0.25, -0.2) is 0 Å². The summed E-state index contributed by atoms with van der Waals surface area (Å²) in [6.45, 7) is 2.71.